The molecule has 4 heterocycles. The highest BCUT2D eigenvalue weighted by molar-refractivity contribution is 5.46. The van der Waals surface area contributed by atoms with Crippen LogP contribution in [0.3, 0.4) is 0 Å². The number of aromatic nitrogens is 4. The van der Waals surface area contributed by atoms with Crippen LogP contribution in [0.15, 0.2) is 12.1 Å². The summed E-state index contributed by atoms with van der Waals surface area (Å²) in [6, 6.07) is 5.23. The molecule has 0 spiro atoms. The van der Waals surface area contributed by atoms with Gasteiger partial charge >= 0.3 is 0 Å². The van der Waals surface area contributed by atoms with Crippen LogP contribution in [0, 0.1) is 0 Å². The Kier molecular flexibility index (Phi) is 3.86. The second-order valence-electron chi connectivity index (χ2n) is 6.98. The molecule has 2 saturated heterocycles. The van der Waals surface area contributed by atoms with Gasteiger partial charge < -0.3 is 4.90 Å². The molecule has 2 aromatic rings. The Hall–Kier alpha value is -1.83. The quantitative estimate of drug-likeness (QED) is 0.862. The third kappa shape index (κ3) is 2.53. The zero-order valence-corrected chi connectivity index (χ0v) is 13.9. The van der Waals surface area contributed by atoms with Gasteiger partial charge in [0, 0.05) is 31.2 Å². The Bertz CT molecular complexity index is 730. The van der Waals surface area contributed by atoms with Gasteiger partial charge in [0.1, 0.15) is 5.82 Å². The van der Waals surface area contributed by atoms with Gasteiger partial charge in [-0.25, -0.2) is 8.78 Å². The van der Waals surface area contributed by atoms with Crippen molar-refractivity contribution in [1.29, 1.82) is 0 Å². The lowest BCUT2D eigenvalue weighted by molar-refractivity contribution is 0.137. The summed E-state index contributed by atoms with van der Waals surface area (Å²) >= 11 is 0. The molecule has 0 aliphatic carbocycles. The van der Waals surface area contributed by atoms with Crippen molar-refractivity contribution in [3.63, 3.8) is 0 Å². The van der Waals surface area contributed by atoms with E-state index in [1.807, 2.05) is 6.07 Å². The number of nitrogens with zero attached hydrogens (tertiary/aromatic N) is 6. The molecule has 0 amide bonds. The van der Waals surface area contributed by atoms with Gasteiger partial charge in [-0.05, 0) is 45.2 Å². The van der Waals surface area contributed by atoms with Crippen LogP contribution in [0.5, 0.6) is 0 Å². The first kappa shape index (κ1) is 15.7. The number of alkyl halides is 2. The van der Waals surface area contributed by atoms with Crippen molar-refractivity contribution < 1.29 is 8.78 Å². The lowest BCUT2D eigenvalue weighted by atomic mass is 10.1. The predicted octanol–water partition coefficient (Wildman–Crippen LogP) is 2.51. The lowest BCUT2D eigenvalue weighted by Gasteiger charge is -2.32. The second-order valence-corrected chi connectivity index (χ2v) is 6.98. The summed E-state index contributed by atoms with van der Waals surface area (Å²) in [5, 5.41) is 11.7. The molecule has 0 aromatic carbocycles. The van der Waals surface area contributed by atoms with Gasteiger partial charge in [0.25, 0.3) is 6.43 Å². The van der Waals surface area contributed by atoms with Gasteiger partial charge in [0.15, 0.2) is 5.65 Å². The molecule has 0 radical (unpaired) electrons. The highest BCUT2D eigenvalue weighted by Crippen LogP contribution is 2.33. The van der Waals surface area contributed by atoms with E-state index in [2.05, 4.69) is 38.9 Å². The first-order chi connectivity index (χ1) is 11.5. The van der Waals surface area contributed by atoms with Crippen molar-refractivity contribution in [3.8, 4) is 0 Å². The summed E-state index contributed by atoms with van der Waals surface area (Å²) in [6.45, 7) is 6.28. The van der Waals surface area contributed by atoms with Gasteiger partial charge in [-0.1, -0.05) is 0 Å². The van der Waals surface area contributed by atoms with E-state index in [0.717, 1.165) is 25.3 Å². The Labute approximate surface area is 139 Å². The first-order valence-electron chi connectivity index (χ1n) is 8.57. The second kappa shape index (κ2) is 5.91. The normalized spacial score (nSPS) is 25.2. The molecule has 8 heteroatoms. The Morgan fingerprint density at radius 3 is 2.62 bits per heavy atom. The topological polar surface area (TPSA) is 49.6 Å². The summed E-state index contributed by atoms with van der Waals surface area (Å²) in [7, 11) is 0. The third-order valence-electron chi connectivity index (χ3n) is 5.23. The van der Waals surface area contributed by atoms with Crippen LogP contribution in [-0.2, 0) is 0 Å². The van der Waals surface area contributed by atoms with Crippen LogP contribution in [0.2, 0.25) is 0 Å². The molecule has 2 aromatic heterocycles. The Morgan fingerprint density at radius 1 is 1.08 bits per heavy atom. The van der Waals surface area contributed by atoms with Crippen molar-refractivity contribution in [1.82, 2.24) is 24.7 Å². The summed E-state index contributed by atoms with van der Waals surface area (Å²) in [5.41, 5.74) is 0.356. The molecule has 0 saturated carbocycles. The molecule has 2 fully saturated rings. The maximum Gasteiger partial charge on any atom is 0.299 e. The molecule has 0 N–H and O–H groups in total. The molecule has 130 valence electrons. The first-order valence-corrected chi connectivity index (χ1v) is 8.57. The maximum absolute atomic E-state index is 13.0. The van der Waals surface area contributed by atoms with E-state index < -0.39 is 12.2 Å². The zero-order valence-electron chi connectivity index (χ0n) is 13.9. The molecule has 0 unspecified atom stereocenters. The average Bonchev–Trinajstić information content (AvgIpc) is 3.07. The van der Waals surface area contributed by atoms with E-state index in [9.17, 15) is 8.78 Å². The van der Waals surface area contributed by atoms with E-state index >= 15 is 0 Å². The minimum Gasteiger partial charge on any atom is -0.354 e. The number of rotatable bonds is 3. The molecule has 2 bridgehead atoms. The van der Waals surface area contributed by atoms with Crippen LogP contribution in [0.1, 0.15) is 45.4 Å². The summed E-state index contributed by atoms with van der Waals surface area (Å²) in [6.07, 6.45) is 0.846. The lowest BCUT2D eigenvalue weighted by Crippen LogP contribution is -2.43. The SMILES string of the molecule is CC(C)N1[C@@H]2CC[C@@H]1CN(c1ccc3nnc(C(F)F)n3n1)CC2. The van der Waals surface area contributed by atoms with Crippen molar-refractivity contribution >= 4 is 11.5 Å². The molecular weight excluding hydrogens is 314 g/mol. The van der Waals surface area contributed by atoms with Gasteiger partial charge in [-0.3, -0.25) is 4.90 Å². The molecule has 2 atom stereocenters. The minimum atomic E-state index is -2.68. The minimum absolute atomic E-state index is 0.356. The van der Waals surface area contributed by atoms with E-state index in [4.69, 9.17) is 0 Å². The smallest absolute Gasteiger partial charge is 0.299 e. The number of anilines is 1. The molecule has 6 nitrogen and oxygen atoms in total. The third-order valence-corrected chi connectivity index (χ3v) is 5.23. The molecule has 2 aliphatic rings. The Balaban J connectivity index is 1.64. The standard InChI is InChI=1S/C16H22F2N6/c1-10(2)23-11-3-4-12(23)9-22(8-7-11)14-6-5-13-19-20-16(15(17)18)24(13)21-14/h5-6,10-12,15H,3-4,7-9H2,1-2H3/t11-,12-/m1/s1. The van der Waals surface area contributed by atoms with Crippen molar-refractivity contribution in [2.75, 3.05) is 18.0 Å². The number of halogens is 2. The number of hydrogen-bond acceptors (Lipinski definition) is 5. The molecule has 4 rings (SSSR count). The average molecular weight is 336 g/mol. The fourth-order valence-corrected chi connectivity index (χ4v) is 4.26. The fourth-order valence-electron chi connectivity index (χ4n) is 4.26. The largest absolute Gasteiger partial charge is 0.354 e. The van der Waals surface area contributed by atoms with Crippen LogP contribution in [-0.4, -0.2) is 55.9 Å². The fraction of sp³-hybridized carbons (Fsp3) is 0.688. The van der Waals surface area contributed by atoms with Crippen molar-refractivity contribution in [3.05, 3.63) is 18.0 Å². The maximum atomic E-state index is 13.0. The van der Waals surface area contributed by atoms with Gasteiger partial charge in [-0.2, -0.15) is 4.52 Å². The number of hydrogen-bond donors (Lipinski definition) is 0. The van der Waals surface area contributed by atoms with Crippen molar-refractivity contribution in [2.45, 2.75) is 57.7 Å². The van der Waals surface area contributed by atoms with Crippen LogP contribution < -0.4 is 4.90 Å². The van der Waals surface area contributed by atoms with E-state index in [1.165, 1.54) is 17.4 Å². The highest BCUT2D eigenvalue weighted by Gasteiger charge is 2.38. The van der Waals surface area contributed by atoms with Gasteiger partial charge in [0.05, 0.1) is 0 Å². The monoisotopic (exact) mass is 336 g/mol. The van der Waals surface area contributed by atoms with Gasteiger partial charge in [-0.15, -0.1) is 15.3 Å². The molecular formula is C16H22F2N6. The zero-order chi connectivity index (χ0) is 16.8. The van der Waals surface area contributed by atoms with Crippen LogP contribution >= 0.6 is 0 Å². The summed E-state index contributed by atoms with van der Waals surface area (Å²) in [4.78, 5) is 4.83. The predicted molar refractivity (Wildman–Crippen MR) is 86.4 cm³/mol. The highest BCUT2D eigenvalue weighted by atomic mass is 19.3. The van der Waals surface area contributed by atoms with Crippen LogP contribution in [0.4, 0.5) is 14.6 Å². The summed E-state index contributed by atoms with van der Waals surface area (Å²) in [5.74, 6) is 0.326. The van der Waals surface area contributed by atoms with Crippen molar-refractivity contribution in [2.24, 2.45) is 0 Å². The molecule has 2 aliphatic heterocycles. The number of fused-ring (bicyclic) bond motifs is 3. The molecule has 24 heavy (non-hydrogen) atoms. The van der Waals surface area contributed by atoms with E-state index in [-0.39, 0.29) is 0 Å². The van der Waals surface area contributed by atoms with E-state index in [1.54, 1.807) is 6.07 Å². The summed E-state index contributed by atoms with van der Waals surface area (Å²) < 4.78 is 27.3. The van der Waals surface area contributed by atoms with Crippen LogP contribution in [0.25, 0.3) is 5.65 Å². The van der Waals surface area contributed by atoms with E-state index in [0.29, 0.717) is 23.8 Å². The Morgan fingerprint density at radius 2 is 1.88 bits per heavy atom. The van der Waals surface area contributed by atoms with Gasteiger partial charge in [0.2, 0.25) is 5.82 Å².